The summed E-state index contributed by atoms with van der Waals surface area (Å²) in [4.78, 5) is 4.80. The number of nitrogen functional groups attached to an aromatic ring is 1. The quantitative estimate of drug-likeness (QED) is 0.854. The molecule has 1 heterocycles. The second-order valence-electron chi connectivity index (χ2n) is 5.25. The van der Waals surface area contributed by atoms with E-state index in [9.17, 15) is 0 Å². The maximum Gasteiger partial charge on any atom is 0.131 e. The number of anilines is 1. The first kappa shape index (κ1) is 14.0. The van der Waals surface area contributed by atoms with Gasteiger partial charge in [-0.25, -0.2) is 4.98 Å². The Balaban J connectivity index is 2.13. The molecule has 0 spiro atoms. The van der Waals surface area contributed by atoms with E-state index in [0.717, 1.165) is 40.3 Å². The molecule has 5 heteroatoms. The van der Waals surface area contributed by atoms with Crippen molar-refractivity contribution in [1.82, 2.24) is 9.55 Å². The predicted octanol–water partition coefficient (Wildman–Crippen LogP) is 4.84. The zero-order valence-electron chi connectivity index (χ0n) is 11.4. The van der Waals surface area contributed by atoms with Crippen molar-refractivity contribution in [2.75, 3.05) is 5.73 Å². The van der Waals surface area contributed by atoms with Crippen molar-refractivity contribution in [2.24, 2.45) is 0 Å². The Morgan fingerprint density at radius 3 is 2.85 bits per heavy atom. The molecule has 1 saturated carbocycles. The van der Waals surface area contributed by atoms with Crippen LogP contribution < -0.4 is 5.73 Å². The van der Waals surface area contributed by atoms with Crippen LogP contribution in [0.2, 0.25) is 5.02 Å². The highest BCUT2D eigenvalue weighted by Gasteiger charge is 2.31. The highest BCUT2D eigenvalue weighted by molar-refractivity contribution is 9.10. The molecule has 1 aromatic heterocycles. The Hall–Kier alpha value is -1.00. The van der Waals surface area contributed by atoms with E-state index >= 15 is 0 Å². The number of nitrogens with zero attached hydrogens (tertiary/aromatic N) is 2. The van der Waals surface area contributed by atoms with Gasteiger partial charge < -0.3 is 10.3 Å². The first-order valence-electron chi connectivity index (χ1n) is 6.93. The molecule has 0 unspecified atom stereocenters. The third-order valence-corrected chi connectivity index (χ3v) is 4.43. The van der Waals surface area contributed by atoms with Crippen LogP contribution in [-0.4, -0.2) is 9.55 Å². The maximum absolute atomic E-state index is 6.33. The van der Waals surface area contributed by atoms with Crippen LogP contribution in [0, 0.1) is 0 Å². The lowest BCUT2D eigenvalue weighted by atomic mass is 10.1. The van der Waals surface area contributed by atoms with Gasteiger partial charge in [0.1, 0.15) is 17.3 Å². The first-order valence-corrected chi connectivity index (χ1v) is 8.10. The molecule has 0 saturated heterocycles. The van der Waals surface area contributed by atoms with Crippen LogP contribution in [0.1, 0.15) is 37.9 Å². The molecule has 106 valence electrons. The topological polar surface area (TPSA) is 43.8 Å². The molecule has 2 aromatic rings. The number of benzene rings is 1. The molecule has 2 N–H and O–H groups in total. The fourth-order valence-electron chi connectivity index (χ4n) is 2.47. The van der Waals surface area contributed by atoms with E-state index in [4.69, 9.17) is 22.3 Å². The Morgan fingerprint density at radius 1 is 1.45 bits per heavy atom. The maximum atomic E-state index is 6.33. The number of aromatic nitrogens is 2. The van der Waals surface area contributed by atoms with E-state index in [2.05, 4.69) is 27.4 Å². The molecule has 1 aromatic carbocycles. The fourth-order valence-corrected chi connectivity index (χ4v) is 3.04. The van der Waals surface area contributed by atoms with Crippen molar-refractivity contribution in [3.8, 4) is 11.3 Å². The van der Waals surface area contributed by atoms with Crippen LogP contribution in [0.4, 0.5) is 5.82 Å². The number of hydrogen-bond donors (Lipinski definition) is 1. The van der Waals surface area contributed by atoms with Gasteiger partial charge in [0.2, 0.25) is 0 Å². The second-order valence-corrected chi connectivity index (χ2v) is 6.58. The Kier molecular flexibility index (Phi) is 3.78. The van der Waals surface area contributed by atoms with E-state index in [1.165, 1.54) is 12.8 Å². The van der Waals surface area contributed by atoms with Crippen molar-refractivity contribution in [2.45, 2.75) is 38.6 Å². The van der Waals surface area contributed by atoms with Crippen LogP contribution in [0.25, 0.3) is 11.3 Å². The summed E-state index contributed by atoms with van der Waals surface area (Å²) in [6.45, 7) is 3.07. The summed E-state index contributed by atoms with van der Waals surface area (Å²) in [6.07, 6.45) is 3.48. The minimum absolute atomic E-state index is 0.573. The molecule has 0 bridgehead atoms. The van der Waals surface area contributed by atoms with Gasteiger partial charge in [-0.1, -0.05) is 34.5 Å². The third-order valence-electron chi connectivity index (χ3n) is 3.61. The minimum Gasteiger partial charge on any atom is -0.383 e. The van der Waals surface area contributed by atoms with Gasteiger partial charge in [0, 0.05) is 22.5 Å². The van der Waals surface area contributed by atoms with Crippen LogP contribution in [0.15, 0.2) is 22.7 Å². The van der Waals surface area contributed by atoms with E-state index in [1.54, 1.807) is 0 Å². The Bertz CT molecular complexity index is 647. The van der Waals surface area contributed by atoms with Gasteiger partial charge >= 0.3 is 0 Å². The predicted molar refractivity (Wildman–Crippen MR) is 87.1 cm³/mol. The smallest absolute Gasteiger partial charge is 0.131 e. The normalized spacial score (nSPS) is 14.8. The number of imidazole rings is 1. The molecule has 0 radical (unpaired) electrons. The standard InChI is InChI=1S/C15H17BrClN3/c1-2-7-20-14(18)13(19-15(20)9-3-4-9)11-8-10(16)5-6-12(11)17/h5-6,8-9H,2-4,7,18H2,1H3. The summed E-state index contributed by atoms with van der Waals surface area (Å²) < 4.78 is 3.14. The summed E-state index contributed by atoms with van der Waals surface area (Å²) >= 11 is 9.79. The Labute approximate surface area is 132 Å². The number of hydrogen-bond acceptors (Lipinski definition) is 2. The van der Waals surface area contributed by atoms with E-state index in [1.807, 2.05) is 18.2 Å². The monoisotopic (exact) mass is 353 g/mol. The lowest BCUT2D eigenvalue weighted by molar-refractivity contribution is 0.646. The highest BCUT2D eigenvalue weighted by Crippen LogP contribution is 2.43. The first-order chi connectivity index (χ1) is 9.61. The molecular weight excluding hydrogens is 338 g/mol. The molecule has 1 aliphatic rings. The van der Waals surface area contributed by atoms with Crippen LogP contribution in [0.3, 0.4) is 0 Å². The summed E-state index contributed by atoms with van der Waals surface area (Å²) in [5.41, 5.74) is 8.04. The molecule has 0 amide bonds. The third kappa shape index (κ3) is 2.47. The van der Waals surface area contributed by atoms with Crippen LogP contribution in [0.5, 0.6) is 0 Å². The minimum atomic E-state index is 0.573. The van der Waals surface area contributed by atoms with E-state index in [-0.39, 0.29) is 0 Å². The van der Waals surface area contributed by atoms with Crippen LogP contribution in [-0.2, 0) is 6.54 Å². The molecule has 1 aliphatic carbocycles. The van der Waals surface area contributed by atoms with Gasteiger partial charge in [-0.3, -0.25) is 0 Å². The van der Waals surface area contributed by atoms with Gasteiger partial charge in [-0.05, 0) is 37.5 Å². The summed E-state index contributed by atoms with van der Waals surface area (Å²) in [7, 11) is 0. The summed E-state index contributed by atoms with van der Waals surface area (Å²) in [5.74, 6) is 2.42. The Morgan fingerprint density at radius 2 is 2.20 bits per heavy atom. The second kappa shape index (κ2) is 5.41. The largest absolute Gasteiger partial charge is 0.383 e. The lowest BCUT2D eigenvalue weighted by Crippen LogP contribution is -2.06. The van der Waals surface area contributed by atoms with Crippen molar-refractivity contribution >= 4 is 33.3 Å². The van der Waals surface area contributed by atoms with Crippen molar-refractivity contribution < 1.29 is 0 Å². The lowest BCUT2D eigenvalue weighted by Gasteiger charge is -2.08. The SMILES string of the molecule is CCCn1c(C2CC2)nc(-c2cc(Br)ccc2Cl)c1N. The highest BCUT2D eigenvalue weighted by atomic mass is 79.9. The van der Waals surface area contributed by atoms with Gasteiger partial charge in [0.05, 0.1) is 5.02 Å². The summed E-state index contributed by atoms with van der Waals surface area (Å²) in [5, 5.41) is 0.684. The van der Waals surface area contributed by atoms with Crippen molar-refractivity contribution in [3.05, 3.63) is 33.5 Å². The molecule has 20 heavy (non-hydrogen) atoms. The summed E-state index contributed by atoms with van der Waals surface area (Å²) in [6, 6.07) is 5.77. The van der Waals surface area contributed by atoms with Gasteiger partial charge in [-0.2, -0.15) is 0 Å². The molecule has 0 aliphatic heterocycles. The van der Waals surface area contributed by atoms with Gasteiger partial charge in [0.25, 0.3) is 0 Å². The van der Waals surface area contributed by atoms with Crippen molar-refractivity contribution in [3.63, 3.8) is 0 Å². The average molecular weight is 355 g/mol. The number of nitrogens with two attached hydrogens (primary N) is 1. The number of halogens is 2. The number of rotatable bonds is 4. The average Bonchev–Trinajstić information content (AvgIpc) is 3.21. The van der Waals surface area contributed by atoms with Crippen LogP contribution >= 0.6 is 27.5 Å². The van der Waals surface area contributed by atoms with Gasteiger partial charge in [0.15, 0.2) is 0 Å². The van der Waals surface area contributed by atoms with E-state index in [0.29, 0.717) is 10.9 Å². The molecule has 3 rings (SSSR count). The molecular formula is C15H17BrClN3. The molecule has 1 fully saturated rings. The fraction of sp³-hybridized carbons (Fsp3) is 0.400. The van der Waals surface area contributed by atoms with Gasteiger partial charge in [-0.15, -0.1) is 0 Å². The van der Waals surface area contributed by atoms with E-state index < -0.39 is 0 Å². The zero-order chi connectivity index (χ0) is 14.3. The molecule has 0 atom stereocenters. The van der Waals surface area contributed by atoms with Crippen molar-refractivity contribution in [1.29, 1.82) is 0 Å². The zero-order valence-corrected chi connectivity index (χ0v) is 13.7. The molecule has 3 nitrogen and oxygen atoms in total.